The molecule has 3 aromatic rings. The van der Waals surface area contributed by atoms with Crippen molar-refractivity contribution < 1.29 is 27.9 Å². The van der Waals surface area contributed by atoms with Gasteiger partial charge in [0.05, 0.1) is 16.6 Å². The van der Waals surface area contributed by atoms with Crippen LogP contribution in [-0.4, -0.2) is 31.3 Å². The van der Waals surface area contributed by atoms with Crippen LogP contribution in [0.15, 0.2) is 76.5 Å². The van der Waals surface area contributed by atoms with Crippen LogP contribution in [0.4, 0.5) is 5.69 Å². The average Bonchev–Trinajstić information content (AvgIpc) is 3.39. The van der Waals surface area contributed by atoms with Gasteiger partial charge in [0.25, 0.3) is 11.7 Å². The Morgan fingerprint density at radius 2 is 1.79 bits per heavy atom. The summed E-state index contributed by atoms with van der Waals surface area (Å²) >= 11 is 1.33. The molecule has 1 aliphatic heterocycles. The molecule has 0 radical (unpaired) electrons. The number of rotatable bonds is 6. The maximum absolute atomic E-state index is 13.1. The van der Waals surface area contributed by atoms with Crippen molar-refractivity contribution in [2.75, 3.05) is 4.90 Å². The van der Waals surface area contributed by atoms with E-state index in [1.807, 2.05) is 13.8 Å². The third kappa shape index (κ3) is 4.47. The summed E-state index contributed by atoms with van der Waals surface area (Å²) in [7, 11) is -3.93. The van der Waals surface area contributed by atoms with Crippen LogP contribution in [0.25, 0.3) is 5.76 Å². The number of hydrogen-bond acceptors (Lipinski definition) is 7. The standard InChI is InChI=1S/C24H22N2O6S2/c1-14(2)32-17-6-3-5-15(13-17)22(27)20-21(19-7-4-12-33-19)26(24(29)23(20)28)16-8-10-18(11-9-16)34(25,30)31/h3-14,21,27H,1-2H3,(H2,25,30,31)/b22-20-. The molecule has 1 atom stereocenters. The van der Waals surface area contributed by atoms with Gasteiger partial charge in [-0.05, 0) is 61.7 Å². The maximum atomic E-state index is 13.1. The molecule has 1 amide bonds. The van der Waals surface area contributed by atoms with Crippen LogP contribution in [-0.2, 0) is 19.6 Å². The predicted molar refractivity (Wildman–Crippen MR) is 129 cm³/mol. The molecule has 0 bridgehead atoms. The molecule has 1 saturated heterocycles. The number of carbonyl (C=O) groups excluding carboxylic acids is 2. The van der Waals surface area contributed by atoms with E-state index >= 15 is 0 Å². The molecule has 1 aliphatic rings. The summed E-state index contributed by atoms with van der Waals surface area (Å²) in [5, 5.41) is 18.2. The first-order valence-electron chi connectivity index (χ1n) is 10.3. The molecule has 0 aliphatic carbocycles. The van der Waals surface area contributed by atoms with Gasteiger partial charge in [0.15, 0.2) is 0 Å². The minimum atomic E-state index is -3.93. The molecule has 4 rings (SSSR count). The fraction of sp³-hybridized carbons (Fsp3) is 0.167. The Hall–Kier alpha value is -3.47. The van der Waals surface area contributed by atoms with Gasteiger partial charge in [-0.3, -0.25) is 14.5 Å². The lowest BCUT2D eigenvalue weighted by atomic mass is 9.99. The number of ether oxygens (including phenoxy) is 1. The smallest absolute Gasteiger partial charge is 0.300 e. The van der Waals surface area contributed by atoms with Gasteiger partial charge in [-0.1, -0.05) is 18.2 Å². The maximum Gasteiger partial charge on any atom is 0.300 e. The van der Waals surface area contributed by atoms with Crippen molar-refractivity contribution in [3.63, 3.8) is 0 Å². The first-order valence-corrected chi connectivity index (χ1v) is 12.7. The SMILES string of the molecule is CC(C)Oc1cccc(/C(O)=C2/C(=O)C(=O)N(c3ccc(S(N)(=O)=O)cc3)C2c2cccs2)c1. The lowest BCUT2D eigenvalue weighted by molar-refractivity contribution is -0.132. The van der Waals surface area contributed by atoms with E-state index in [2.05, 4.69) is 0 Å². The van der Waals surface area contributed by atoms with Gasteiger partial charge in [0, 0.05) is 16.1 Å². The van der Waals surface area contributed by atoms with Crippen LogP contribution >= 0.6 is 11.3 Å². The highest BCUT2D eigenvalue weighted by Crippen LogP contribution is 2.43. The van der Waals surface area contributed by atoms with Gasteiger partial charge in [-0.25, -0.2) is 13.6 Å². The fourth-order valence-electron chi connectivity index (χ4n) is 3.76. The van der Waals surface area contributed by atoms with E-state index in [0.717, 1.165) is 0 Å². The molecule has 1 fully saturated rings. The zero-order chi connectivity index (χ0) is 24.6. The summed E-state index contributed by atoms with van der Waals surface area (Å²) < 4.78 is 28.9. The van der Waals surface area contributed by atoms with Gasteiger partial charge in [0.2, 0.25) is 10.0 Å². The largest absolute Gasteiger partial charge is 0.507 e. The van der Waals surface area contributed by atoms with Gasteiger partial charge >= 0.3 is 0 Å². The zero-order valence-corrected chi connectivity index (χ0v) is 20.0. The summed E-state index contributed by atoms with van der Waals surface area (Å²) in [6, 6.07) is 14.6. The first-order chi connectivity index (χ1) is 16.1. The molecule has 10 heteroatoms. The van der Waals surface area contributed by atoms with Crippen molar-refractivity contribution in [2.24, 2.45) is 5.14 Å². The predicted octanol–water partition coefficient (Wildman–Crippen LogP) is 3.81. The molecule has 1 aromatic heterocycles. The van der Waals surface area contributed by atoms with Gasteiger partial charge in [-0.2, -0.15) is 0 Å². The van der Waals surface area contributed by atoms with E-state index in [9.17, 15) is 23.1 Å². The number of hydrogen-bond donors (Lipinski definition) is 2. The van der Waals surface area contributed by atoms with Crippen LogP contribution in [0.2, 0.25) is 0 Å². The van der Waals surface area contributed by atoms with E-state index in [0.29, 0.717) is 21.9 Å². The number of amides is 1. The topological polar surface area (TPSA) is 127 Å². The second-order valence-electron chi connectivity index (χ2n) is 7.92. The monoisotopic (exact) mass is 498 g/mol. The van der Waals surface area contributed by atoms with Crippen molar-refractivity contribution >= 4 is 44.5 Å². The van der Waals surface area contributed by atoms with Crippen LogP contribution in [0.3, 0.4) is 0 Å². The van der Waals surface area contributed by atoms with Gasteiger partial charge in [0.1, 0.15) is 17.6 Å². The molecule has 2 aromatic carbocycles. The van der Waals surface area contributed by atoms with Crippen molar-refractivity contribution in [1.29, 1.82) is 0 Å². The number of Topliss-reactive ketones (excluding diaryl/α,β-unsaturated/α-hetero) is 1. The van der Waals surface area contributed by atoms with Crippen LogP contribution < -0.4 is 14.8 Å². The molecule has 2 heterocycles. The van der Waals surface area contributed by atoms with Crippen molar-refractivity contribution in [3.8, 4) is 5.75 Å². The van der Waals surface area contributed by atoms with E-state index in [1.165, 1.54) is 40.5 Å². The Morgan fingerprint density at radius 1 is 1.09 bits per heavy atom. The van der Waals surface area contributed by atoms with E-state index in [-0.39, 0.29) is 22.3 Å². The van der Waals surface area contributed by atoms with Gasteiger partial charge < -0.3 is 9.84 Å². The minimum Gasteiger partial charge on any atom is -0.507 e. The minimum absolute atomic E-state index is 0.0651. The number of nitrogens with zero attached hydrogens (tertiary/aromatic N) is 1. The molecule has 8 nitrogen and oxygen atoms in total. The summed E-state index contributed by atoms with van der Waals surface area (Å²) in [4.78, 5) is 28.1. The molecule has 1 unspecified atom stereocenters. The number of sulfonamides is 1. The number of aliphatic hydroxyl groups is 1. The van der Waals surface area contributed by atoms with Crippen molar-refractivity contribution in [1.82, 2.24) is 0 Å². The third-order valence-electron chi connectivity index (χ3n) is 5.18. The molecule has 0 spiro atoms. The zero-order valence-electron chi connectivity index (χ0n) is 18.3. The number of ketones is 1. The van der Waals surface area contributed by atoms with Gasteiger partial charge in [-0.15, -0.1) is 11.3 Å². The van der Waals surface area contributed by atoms with Crippen LogP contribution in [0, 0.1) is 0 Å². The Balaban J connectivity index is 1.85. The number of thiophene rings is 1. The van der Waals surface area contributed by atoms with Crippen LogP contribution in [0.1, 0.15) is 30.3 Å². The number of carbonyl (C=O) groups is 2. The quantitative estimate of drug-likeness (QED) is 0.302. The number of benzene rings is 2. The van der Waals surface area contributed by atoms with E-state index in [1.54, 1.807) is 41.8 Å². The first kappa shape index (κ1) is 23.7. The number of anilines is 1. The average molecular weight is 499 g/mol. The summed E-state index contributed by atoms with van der Waals surface area (Å²) in [5.74, 6) is -1.49. The number of primary sulfonamides is 1. The summed E-state index contributed by atoms with van der Waals surface area (Å²) in [5.41, 5.74) is 0.566. The summed E-state index contributed by atoms with van der Waals surface area (Å²) in [6.45, 7) is 3.74. The molecular formula is C24H22N2O6S2. The highest BCUT2D eigenvalue weighted by atomic mass is 32.2. The second-order valence-corrected chi connectivity index (χ2v) is 10.5. The number of nitrogens with two attached hydrogens (primary N) is 1. The second kappa shape index (κ2) is 9.05. The third-order valence-corrected chi connectivity index (χ3v) is 7.03. The highest BCUT2D eigenvalue weighted by Gasteiger charge is 2.47. The molecule has 176 valence electrons. The highest BCUT2D eigenvalue weighted by molar-refractivity contribution is 7.89. The van der Waals surface area contributed by atoms with Crippen molar-refractivity contribution in [2.45, 2.75) is 30.9 Å². The molecule has 0 saturated carbocycles. The Kier molecular flexibility index (Phi) is 6.30. The normalized spacial score (nSPS) is 18.0. The fourth-order valence-corrected chi connectivity index (χ4v) is 5.09. The van der Waals surface area contributed by atoms with E-state index in [4.69, 9.17) is 9.88 Å². The molecule has 34 heavy (non-hydrogen) atoms. The summed E-state index contributed by atoms with van der Waals surface area (Å²) in [6.07, 6.45) is -0.0885. The Morgan fingerprint density at radius 3 is 2.38 bits per heavy atom. The van der Waals surface area contributed by atoms with Crippen LogP contribution in [0.5, 0.6) is 5.75 Å². The Labute approximate surface area is 201 Å². The van der Waals surface area contributed by atoms with Crippen molar-refractivity contribution in [3.05, 3.63) is 82.1 Å². The lowest BCUT2D eigenvalue weighted by Crippen LogP contribution is -2.29. The lowest BCUT2D eigenvalue weighted by Gasteiger charge is -2.24. The molecule has 3 N–H and O–H groups in total. The number of aliphatic hydroxyl groups excluding tert-OH is 1. The Bertz CT molecular complexity index is 1380. The van der Waals surface area contributed by atoms with E-state index < -0.39 is 27.8 Å². The molecular weight excluding hydrogens is 476 g/mol.